The zero-order valence-electron chi connectivity index (χ0n) is 19.8. The number of hydrogen-bond donors (Lipinski definition) is 2. The lowest BCUT2D eigenvalue weighted by atomic mass is 9.98. The van der Waals surface area contributed by atoms with E-state index in [-0.39, 0.29) is 11.7 Å². The molecule has 0 aromatic carbocycles. The molecular formula is C25H28F3N7. The van der Waals surface area contributed by atoms with Crippen molar-refractivity contribution in [2.24, 2.45) is 10.9 Å². The molecule has 1 saturated carbocycles. The van der Waals surface area contributed by atoms with Gasteiger partial charge in [0, 0.05) is 42.0 Å². The number of rotatable bonds is 6. The molecule has 10 heteroatoms. The van der Waals surface area contributed by atoms with E-state index in [1.54, 1.807) is 12.3 Å². The number of aromatic nitrogens is 4. The van der Waals surface area contributed by atoms with Crippen molar-refractivity contribution in [3.05, 3.63) is 41.5 Å². The normalized spacial score (nSPS) is 17.7. The molecule has 0 atom stereocenters. The molecule has 1 saturated heterocycles. The fourth-order valence-electron chi connectivity index (χ4n) is 4.88. The van der Waals surface area contributed by atoms with E-state index in [2.05, 4.69) is 31.9 Å². The maximum absolute atomic E-state index is 13.4. The fraction of sp³-hybridized carbons (Fsp3) is 0.440. The van der Waals surface area contributed by atoms with Crippen LogP contribution in [0, 0.1) is 12.8 Å². The molecular weight excluding hydrogens is 455 g/mol. The summed E-state index contributed by atoms with van der Waals surface area (Å²) in [6, 6.07) is 3.04. The Morgan fingerprint density at radius 2 is 1.94 bits per heavy atom. The Labute approximate surface area is 201 Å². The van der Waals surface area contributed by atoms with Gasteiger partial charge < -0.3 is 15.2 Å². The Hall–Kier alpha value is -3.27. The summed E-state index contributed by atoms with van der Waals surface area (Å²) in [5.41, 5.74) is 2.60. The molecule has 0 bridgehead atoms. The van der Waals surface area contributed by atoms with E-state index in [4.69, 9.17) is 9.97 Å². The highest BCUT2D eigenvalue weighted by atomic mass is 19.4. The van der Waals surface area contributed by atoms with Crippen molar-refractivity contribution in [1.29, 1.82) is 0 Å². The van der Waals surface area contributed by atoms with Gasteiger partial charge in [0.2, 0.25) is 0 Å². The first-order chi connectivity index (χ1) is 16.8. The van der Waals surface area contributed by atoms with Crippen LogP contribution in [0.2, 0.25) is 0 Å². The van der Waals surface area contributed by atoms with Gasteiger partial charge in [0.05, 0.1) is 5.69 Å². The number of aryl methyl sites for hydroxylation is 1. The molecule has 1 aliphatic carbocycles. The number of alkyl halides is 3. The second kappa shape index (κ2) is 9.07. The first-order valence-electron chi connectivity index (χ1n) is 11.8. The summed E-state index contributed by atoms with van der Waals surface area (Å²) >= 11 is 0. The van der Waals surface area contributed by atoms with E-state index in [1.807, 2.05) is 14.0 Å². The summed E-state index contributed by atoms with van der Waals surface area (Å²) in [7, 11) is 2.04. The van der Waals surface area contributed by atoms with Crippen LogP contribution in [-0.4, -0.2) is 52.8 Å². The number of aliphatic imine (C=N–C) groups is 1. The Morgan fingerprint density at radius 1 is 1.20 bits per heavy atom. The predicted octanol–water partition coefficient (Wildman–Crippen LogP) is 4.99. The largest absolute Gasteiger partial charge is 0.431 e. The second-order valence-electron chi connectivity index (χ2n) is 9.27. The molecule has 3 aromatic heterocycles. The topological polar surface area (TPSA) is 82.1 Å². The van der Waals surface area contributed by atoms with Crippen molar-refractivity contribution >= 4 is 29.1 Å². The van der Waals surface area contributed by atoms with Crippen LogP contribution in [0.5, 0.6) is 0 Å². The summed E-state index contributed by atoms with van der Waals surface area (Å²) in [5, 5.41) is 3.73. The predicted molar refractivity (Wildman–Crippen MR) is 131 cm³/mol. The van der Waals surface area contributed by atoms with E-state index >= 15 is 0 Å². The molecule has 3 aromatic rings. The third-order valence-corrected chi connectivity index (χ3v) is 6.88. The number of fused-ring (bicyclic) bond motifs is 1. The molecule has 4 heterocycles. The number of nitrogens with one attached hydrogen (secondary N) is 2. The average Bonchev–Trinajstić information content (AvgIpc) is 3.58. The lowest BCUT2D eigenvalue weighted by Crippen LogP contribution is -2.42. The molecule has 1 aliphatic heterocycles. The van der Waals surface area contributed by atoms with Gasteiger partial charge in [0.1, 0.15) is 17.2 Å². The lowest BCUT2D eigenvalue weighted by Gasteiger charge is -2.34. The van der Waals surface area contributed by atoms with Gasteiger partial charge in [-0.1, -0.05) is 0 Å². The highest BCUT2D eigenvalue weighted by molar-refractivity contribution is 5.92. The molecule has 0 spiro atoms. The number of pyridine rings is 1. The number of H-pyrrole nitrogens is 1. The van der Waals surface area contributed by atoms with Crippen LogP contribution < -0.4 is 10.2 Å². The van der Waals surface area contributed by atoms with Gasteiger partial charge in [0.25, 0.3) is 0 Å². The zero-order valence-corrected chi connectivity index (χ0v) is 19.8. The maximum Gasteiger partial charge on any atom is 0.431 e. The summed E-state index contributed by atoms with van der Waals surface area (Å²) in [6.45, 7) is 7.44. The number of piperidine rings is 1. The van der Waals surface area contributed by atoms with Crippen molar-refractivity contribution in [2.75, 3.05) is 25.0 Å². The van der Waals surface area contributed by atoms with Gasteiger partial charge in [-0.05, 0) is 76.0 Å². The summed E-state index contributed by atoms with van der Waals surface area (Å²) in [5.74, 6) is 1.54. The minimum Gasteiger partial charge on any atom is -0.356 e. The minimum absolute atomic E-state index is 0.155. The average molecular weight is 484 g/mol. The lowest BCUT2D eigenvalue weighted by molar-refractivity contribution is -0.140. The standard InChI is InChI=1S/C25H28F3N7/c1-14-21(19(13-29-2)15-4-5-15)24(35(3)16-6-9-30-10-7-16)34-23(32-14)17-8-11-31-22-18(17)12-20(33-22)25(26,27)28/h8,11-13,15-16,30H,2,4-7,9-10H2,1,3H3,(H,31,33)/b19-13-. The van der Waals surface area contributed by atoms with Gasteiger partial charge in [-0.25, -0.2) is 15.0 Å². The summed E-state index contributed by atoms with van der Waals surface area (Å²) in [6.07, 6.45) is 2.89. The van der Waals surface area contributed by atoms with Gasteiger partial charge in [0.15, 0.2) is 5.82 Å². The number of anilines is 1. The molecule has 7 nitrogen and oxygen atoms in total. The molecule has 35 heavy (non-hydrogen) atoms. The fourth-order valence-corrected chi connectivity index (χ4v) is 4.88. The van der Waals surface area contributed by atoms with Crippen LogP contribution >= 0.6 is 0 Å². The zero-order chi connectivity index (χ0) is 24.7. The highest BCUT2D eigenvalue weighted by Gasteiger charge is 2.35. The van der Waals surface area contributed by atoms with Gasteiger partial charge in [-0.2, -0.15) is 13.2 Å². The summed E-state index contributed by atoms with van der Waals surface area (Å²) in [4.78, 5) is 22.5. The SMILES string of the molecule is C=N/C=C(\c1c(C)nc(-c2ccnc3[nH]c(C(F)(F)F)cc23)nc1N(C)C1CCNCC1)C1CC1. The van der Waals surface area contributed by atoms with Gasteiger partial charge in [-0.3, -0.25) is 4.99 Å². The summed E-state index contributed by atoms with van der Waals surface area (Å²) < 4.78 is 40.1. The van der Waals surface area contributed by atoms with Crippen LogP contribution in [0.4, 0.5) is 19.0 Å². The van der Waals surface area contributed by atoms with E-state index in [9.17, 15) is 13.2 Å². The first kappa shape index (κ1) is 23.5. The van der Waals surface area contributed by atoms with Crippen LogP contribution in [-0.2, 0) is 6.18 Å². The van der Waals surface area contributed by atoms with Crippen LogP contribution in [0.1, 0.15) is 42.6 Å². The molecule has 0 unspecified atom stereocenters. The number of nitrogens with zero attached hydrogens (tertiary/aromatic N) is 5. The van der Waals surface area contributed by atoms with Gasteiger partial charge in [-0.15, -0.1) is 0 Å². The van der Waals surface area contributed by atoms with E-state index in [1.165, 1.54) is 6.20 Å². The van der Waals surface area contributed by atoms with Crippen molar-refractivity contribution in [2.45, 2.75) is 44.8 Å². The number of allylic oxidation sites excluding steroid dienone is 1. The third-order valence-electron chi connectivity index (χ3n) is 6.88. The van der Waals surface area contributed by atoms with Crippen molar-refractivity contribution < 1.29 is 13.2 Å². The number of hydrogen-bond acceptors (Lipinski definition) is 6. The Bertz CT molecular complexity index is 1280. The highest BCUT2D eigenvalue weighted by Crippen LogP contribution is 2.46. The molecule has 2 N–H and O–H groups in total. The molecule has 5 rings (SSSR count). The monoisotopic (exact) mass is 483 g/mol. The Kier molecular flexibility index (Phi) is 6.08. The quantitative estimate of drug-likeness (QED) is 0.483. The second-order valence-corrected chi connectivity index (χ2v) is 9.27. The Morgan fingerprint density at radius 3 is 2.60 bits per heavy atom. The van der Waals surface area contributed by atoms with Crippen molar-refractivity contribution in [3.63, 3.8) is 0 Å². The van der Waals surface area contributed by atoms with Crippen molar-refractivity contribution in [1.82, 2.24) is 25.3 Å². The molecule has 2 aliphatic rings. The van der Waals surface area contributed by atoms with Crippen LogP contribution in [0.3, 0.4) is 0 Å². The van der Waals surface area contributed by atoms with Crippen molar-refractivity contribution in [3.8, 4) is 11.4 Å². The smallest absolute Gasteiger partial charge is 0.356 e. The maximum atomic E-state index is 13.4. The Balaban J connectivity index is 1.69. The molecule has 2 fully saturated rings. The molecule has 0 amide bonds. The number of aromatic amines is 1. The van der Waals surface area contributed by atoms with E-state index in [0.717, 1.165) is 67.5 Å². The number of halogens is 3. The van der Waals surface area contributed by atoms with Crippen LogP contribution in [0.25, 0.3) is 28.0 Å². The molecule has 0 radical (unpaired) electrons. The first-order valence-corrected chi connectivity index (χ1v) is 11.8. The third kappa shape index (κ3) is 4.54. The van der Waals surface area contributed by atoms with Gasteiger partial charge >= 0.3 is 6.18 Å². The van der Waals surface area contributed by atoms with E-state index < -0.39 is 11.9 Å². The van der Waals surface area contributed by atoms with Crippen LogP contribution in [0.15, 0.2) is 29.5 Å². The van der Waals surface area contributed by atoms with E-state index in [0.29, 0.717) is 22.7 Å². The molecule has 184 valence electrons. The minimum atomic E-state index is -4.50.